The Morgan fingerprint density at radius 2 is 1.80 bits per heavy atom. The summed E-state index contributed by atoms with van der Waals surface area (Å²) in [5, 5.41) is 5.13. The fraction of sp³-hybridized carbons (Fsp3) is 0.227. The van der Waals surface area contributed by atoms with E-state index in [1.165, 1.54) is 0 Å². The number of aromatic nitrogens is 2. The smallest absolute Gasteiger partial charge is 0.279 e. The number of Topliss-reactive ketones (excluding diaryl/α,β-unsaturated/α-hetero) is 1. The van der Waals surface area contributed by atoms with E-state index in [4.69, 9.17) is 16.3 Å². The highest BCUT2D eigenvalue weighted by Crippen LogP contribution is 2.36. The van der Waals surface area contributed by atoms with Crippen LogP contribution in [0.5, 0.6) is 5.75 Å². The standard InChI is InChI=1S/C22H19ClN4O3/c1-30-20-10-17(6-7-19(20)25-9-8-18(28)13-25)26-11-14-12-27(24-21(14)22(26)29)16-4-2-15(23)3-5-16/h2-7,10,12H,8-9,11,13H2,1H3. The molecule has 7 nitrogen and oxygen atoms in total. The SMILES string of the molecule is COc1cc(N2Cc3cn(-c4ccc(Cl)cc4)nc3C2=O)ccc1N1CCC(=O)C1. The lowest BCUT2D eigenvalue weighted by Gasteiger charge is -2.23. The highest BCUT2D eigenvalue weighted by Gasteiger charge is 2.33. The summed E-state index contributed by atoms with van der Waals surface area (Å²) in [6.07, 6.45) is 2.42. The summed E-state index contributed by atoms with van der Waals surface area (Å²) in [6.45, 7) is 1.51. The molecular weight excluding hydrogens is 404 g/mol. The number of halogens is 1. The topological polar surface area (TPSA) is 67.7 Å². The molecule has 3 aromatic rings. The predicted octanol–water partition coefficient (Wildman–Crippen LogP) is 3.47. The zero-order chi connectivity index (χ0) is 20.8. The molecule has 2 aromatic carbocycles. The zero-order valence-corrected chi connectivity index (χ0v) is 17.1. The third kappa shape index (κ3) is 3.11. The highest BCUT2D eigenvalue weighted by molar-refractivity contribution is 6.30. The second-order valence-corrected chi connectivity index (χ2v) is 7.82. The molecule has 5 rings (SSSR count). The van der Waals surface area contributed by atoms with Gasteiger partial charge in [-0.2, -0.15) is 5.10 Å². The van der Waals surface area contributed by atoms with Crippen LogP contribution in [0.15, 0.2) is 48.7 Å². The van der Waals surface area contributed by atoms with Crippen LogP contribution >= 0.6 is 11.6 Å². The van der Waals surface area contributed by atoms with Gasteiger partial charge in [-0.15, -0.1) is 0 Å². The maximum atomic E-state index is 13.0. The molecule has 0 aliphatic carbocycles. The van der Waals surface area contributed by atoms with Crippen molar-refractivity contribution >= 4 is 34.7 Å². The van der Waals surface area contributed by atoms with Crippen molar-refractivity contribution in [2.45, 2.75) is 13.0 Å². The van der Waals surface area contributed by atoms with E-state index in [1.54, 1.807) is 28.8 Å². The van der Waals surface area contributed by atoms with E-state index < -0.39 is 0 Å². The number of amides is 1. The first-order chi connectivity index (χ1) is 14.5. The molecule has 0 radical (unpaired) electrons. The minimum absolute atomic E-state index is 0.149. The largest absolute Gasteiger partial charge is 0.495 e. The Labute approximate surface area is 178 Å². The second kappa shape index (κ2) is 7.18. The van der Waals surface area contributed by atoms with Crippen molar-refractivity contribution in [2.75, 3.05) is 30.0 Å². The van der Waals surface area contributed by atoms with Gasteiger partial charge in [0.25, 0.3) is 5.91 Å². The summed E-state index contributed by atoms with van der Waals surface area (Å²) >= 11 is 5.95. The average Bonchev–Trinajstić information content (AvgIpc) is 3.44. The van der Waals surface area contributed by atoms with Crippen LogP contribution in [0.3, 0.4) is 0 Å². The molecule has 152 valence electrons. The van der Waals surface area contributed by atoms with Crippen molar-refractivity contribution < 1.29 is 14.3 Å². The molecule has 2 aliphatic rings. The van der Waals surface area contributed by atoms with Crippen LogP contribution in [0.2, 0.25) is 5.02 Å². The lowest BCUT2D eigenvalue weighted by molar-refractivity contribution is -0.116. The number of ether oxygens (including phenoxy) is 1. The molecule has 0 bridgehead atoms. The van der Waals surface area contributed by atoms with Gasteiger partial charge in [0, 0.05) is 41.5 Å². The first-order valence-electron chi connectivity index (χ1n) is 9.64. The highest BCUT2D eigenvalue weighted by atomic mass is 35.5. The lowest BCUT2D eigenvalue weighted by Crippen LogP contribution is -2.25. The fourth-order valence-electron chi connectivity index (χ4n) is 3.94. The average molecular weight is 423 g/mol. The van der Waals surface area contributed by atoms with Crippen molar-refractivity contribution in [2.24, 2.45) is 0 Å². The molecule has 1 amide bonds. The predicted molar refractivity (Wildman–Crippen MR) is 114 cm³/mol. The monoisotopic (exact) mass is 422 g/mol. The van der Waals surface area contributed by atoms with Crippen LogP contribution in [0.4, 0.5) is 11.4 Å². The van der Waals surface area contributed by atoms with E-state index >= 15 is 0 Å². The summed E-state index contributed by atoms with van der Waals surface area (Å²) < 4.78 is 7.25. The number of carbonyl (C=O) groups is 2. The van der Waals surface area contributed by atoms with E-state index in [0.29, 0.717) is 42.5 Å². The van der Waals surface area contributed by atoms with Crippen LogP contribution in [0.25, 0.3) is 5.69 Å². The molecule has 0 unspecified atom stereocenters. The second-order valence-electron chi connectivity index (χ2n) is 7.38. The van der Waals surface area contributed by atoms with Gasteiger partial charge in [0.05, 0.1) is 31.6 Å². The van der Waals surface area contributed by atoms with Gasteiger partial charge >= 0.3 is 0 Å². The fourth-order valence-corrected chi connectivity index (χ4v) is 4.07. The molecule has 0 saturated carbocycles. The number of nitrogens with zero attached hydrogens (tertiary/aromatic N) is 4. The Morgan fingerprint density at radius 3 is 2.47 bits per heavy atom. The number of hydrogen-bond acceptors (Lipinski definition) is 5. The zero-order valence-electron chi connectivity index (χ0n) is 16.3. The van der Waals surface area contributed by atoms with Crippen molar-refractivity contribution in [3.05, 3.63) is 64.9 Å². The van der Waals surface area contributed by atoms with Gasteiger partial charge in [-0.05, 0) is 36.4 Å². The number of carbonyl (C=O) groups excluding carboxylic acids is 2. The van der Waals surface area contributed by atoms with Gasteiger partial charge < -0.3 is 14.5 Å². The van der Waals surface area contributed by atoms with Crippen LogP contribution in [0.1, 0.15) is 22.5 Å². The Morgan fingerprint density at radius 1 is 1.03 bits per heavy atom. The number of anilines is 2. The van der Waals surface area contributed by atoms with E-state index in [9.17, 15) is 9.59 Å². The molecule has 0 N–H and O–H groups in total. The quantitative estimate of drug-likeness (QED) is 0.644. The van der Waals surface area contributed by atoms with Crippen molar-refractivity contribution in [3.8, 4) is 11.4 Å². The Kier molecular flexibility index (Phi) is 4.47. The Balaban J connectivity index is 1.41. The van der Waals surface area contributed by atoms with Gasteiger partial charge in [-0.25, -0.2) is 4.68 Å². The third-order valence-electron chi connectivity index (χ3n) is 5.50. The normalized spacial score (nSPS) is 15.8. The Hall–Kier alpha value is -3.32. The van der Waals surface area contributed by atoms with Gasteiger partial charge in [-0.3, -0.25) is 9.59 Å². The summed E-state index contributed by atoms with van der Waals surface area (Å²) in [7, 11) is 1.59. The molecule has 2 aliphatic heterocycles. The van der Waals surface area contributed by atoms with Gasteiger partial charge in [0.1, 0.15) is 5.75 Å². The van der Waals surface area contributed by atoms with E-state index in [2.05, 4.69) is 5.10 Å². The number of benzene rings is 2. The number of fused-ring (bicyclic) bond motifs is 1. The first-order valence-corrected chi connectivity index (χ1v) is 10.0. The maximum absolute atomic E-state index is 13.0. The third-order valence-corrected chi connectivity index (χ3v) is 5.75. The van der Waals surface area contributed by atoms with Gasteiger partial charge in [-0.1, -0.05) is 11.6 Å². The molecule has 30 heavy (non-hydrogen) atoms. The molecular formula is C22H19ClN4O3. The van der Waals surface area contributed by atoms with Crippen molar-refractivity contribution in [1.29, 1.82) is 0 Å². The number of ketones is 1. The maximum Gasteiger partial charge on any atom is 0.279 e. The van der Waals surface area contributed by atoms with E-state index in [0.717, 1.165) is 22.6 Å². The first kappa shape index (κ1) is 18.7. The molecule has 1 saturated heterocycles. The number of rotatable bonds is 4. The summed E-state index contributed by atoms with van der Waals surface area (Å²) in [6, 6.07) is 12.9. The molecule has 8 heteroatoms. The molecule has 3 heterocycles. The van der Waals surface area contributed by atoms with Crippen LogP contribution < -0.4 is 14.5 Å². The van der Waals surface area contributed by atoms with Gasteiger partial charge in [0.15, 0.2) is 11.5 Å². The molecule has 1 aromatic heterocycles. The minimum Gasteiger partial charge on any atom is -0.495 e. The minimum atomic E-state index is -0.149. The van der Waals surface area contributed by atoms with Crippen molar-refractivity contribution in [3.63, 3.8) is 0 Å². The van der Waals surface area contributed by atoms with Crippen molar-refractivity contribution in [1.82, 2.24) is 9.78 Å². The number of methoxy groups -OCH3 is 1. The van der Waals surface area contributed by atoms with Gasteiger partial charge in [0.2, 0.25) is 0 Å². The lowest BCUT2D eigenvalue weighted by atomic mass is 10.2. The molecule has 1 fully saturated rings. The summed E-state index contributed by atoms with van der Waals surface area (Å²) in [5.41, 5.74) is 3.76. The van der Waals surface area contributed by atoms with E-state index in [1.807, 2.05) is 41.4 Å². The Bertz CT molecular complexity index is 1160. The van der Waals surface area contributed by atoms with Crippen LogP contribution in [-0.2, 0) is 11.3 Å². The van der Waals surface area contributed by atoms with E-state index in [-0.39, 0.29) is 11.7 Å². The van der Waals surface area contributed by atoms with Crippen LogP contribution in [-0.4, -0.2) is 41.7 Å². The number of hydrogen-bond donors (Lipinski definition) is 0. The summed E-state index contributed by atoms with van der Waals surface area (Å²) in [5.74, 6) is 0.716. The molecule has 0 spiro atoms. The molecule has 0 atom stereocenters. The van der Waals surface area contributed by atoms with Crippen LogP contribution in [0, 0.1) is 0 Å². The summed E-state index contributed by atoms with van der Waals surface area (Å²) in [4.78, 5) is 28.3.